The largest absolute Gasteiger partial charge is 0.466 e. The van der Waals surface area contributed by atoms with Gasteiger partial charge < -0.3 is 20.7 Å². The Morgan fingerprint density at radius 1 is 0.967 bits per heavy atom. The Morgan fingerprint density at radius 2 is 1.63 bits per heavy atom. The summed E-state index contributed by atoms with van der Waals surface area (Å²) in [5.74, 6) is -1.25. The van der Waals surface area contributed by atoms with Crippen LogP contribution in [0.25, 0.3) is 0 Å². The van der Waals surface area contributed by atoms with Crippen molar-refractivity contribution in [3.8, 4) is 0 Å². The summed E-state index contributed by atoms with van der Waals surface area (Å²) in [6, 6.07) is 15.9. The molecule has 0 spiro atoms. The summed E-state index contributed by atoms with van der Waals surface area (Å²) in [7, 11) is 0. The molecule has 1 atom stereocenters. The zero-order chi connectivity index (χ0) is 21.9. The van der Waals surface area contributed by atoms with Gasteiger partial charge in [0.25, 0.3) is 5.91 Å². The first-order valence-electron chi connectivity index (χ1n) is 10.1. The first-order valence-corrected chi connectivity index (χ1v) is 10.1. The van der Waals surface area contributed by atoms with E-state index < -0.39 is 11.9 Å². The zero-order valence-electron chi connectivity index (χ0n) is 17.6. The monoisotopic (exact) mass is 411 g/mol. The minimum Gasteiger partial charge on any atom is -0.466 e. The summed E-state index contributed by atoms with van der Waals surface area (Å²) in [6.07, 6.45) is 0.455. The first kappa shape index (κ1) is 22.9. The molecule has 0 aliphatic rings. The highest BCUT2D eigenvalue weighted by molar-refractivity contribution is 6.03. The molecule has 2 aromatic rings. The molecule has 0 saturated carbocycles. The molecule has 0 heterocycles. The van der Waals surface area contributed by atoms with Crippen molar-refractivity contribution >= 4 is 23.6 Å². The number of hydrogen-bond acceptors (Lipinski definition) is 4. The van der Waals surface area contributed by atoms with E-state index in [-0.39, 0.29) is 31.1 Å². The number of carbonyl (C=O) groups excluding carboxylic acids is 3. The van der Waals surface area contributed by atoms with E-state index in [0.717, 1.165) is 5.56 Å². The lowest BCUT2D eigenvalue weighted by Gasteiger charge is -2.18. The second-order valence-corrected chi connectivity index (χ2v) is 7.15. The lowest BCUT2D eigenvalue weighted by Crippen LogP contribution is -2.37. The van der Waals surface area contributed by atoms with Gasteiger partial charge >= 0.3 is 12.0 Å². The number of urea groups is 1. The fourth-order valence-electron chi connectivity index (χ4n) is 2.92. The molecular weight excluding hydrogens is 382 g/mol. The summed E-state index contributed by atoms with van der Waals surface area (Å²) >= 11 is 0. The Labute approximate surface area is 177 Å². The Kier molecular flexibility index (Phi) is 8.87. The van der Waals surface area contributed by atoms with Crippen molar-refractivity contribution < 1.29 is 19.1 Å². The summed E-state index contributed by atoms with van der Waals surface area (Å²) in [6.45, 7) is 5.84. The molecule has 0 fully saturated rings. The van der Waals surface area contributed by atoms with Crippen LogP contribution in [0.4, 0.5) is 10.5 Å². The number of hydrogen-bond donors (Lipinski definition) is 3. The van der Waals surface area contributed by atoms with E-state index in [1.807, 2.05) is 44.2 Å². The van der Waals surface area contributed by atoms with Gasteiger partial charge in [-0.15, -0.1) is 0 Å². The molecule has 3 amide bonds. The number of anilines is 1. The Hall–Kier alpha value is -3.35. The summed E-state index contributed by atoms with van der Waals surface area (Å²) in [5, 5.41) is 8.21. The lowest BCUT2D eigenvalue weighted by molar-refractivity contribution is -0.147. The normalized spacial score (nSPS) is 11.5. The van der Waals surface area contributed by atoms with Crippen LogP contribution in [0.3, 0.4) is 0 Å². The summed E-state index contributed by atoms with van der Waals surface area (Å²) in [4.78, 5) is 37.2. The fraction of sp³-hybridized carbons (Fsp3) is 0.348. The molecule has 160 valence electrons. The number of esters is 1. The van der Waals surface area contributed by atoms with Gasteiger partial charge in [-0.3, -0.25) is 9.59 Å². The average molecular weight is 412 g/mol. The van der Waals surface area contributed by atoms with E-state index in [2.05, 4.69) is 16.0 Å². The summed E-state index contributed by atoms with van der Waals surface area (Å²) < 4.78 is 5.17. The van der Waals surface area contributed by atoms with Crippen LogP contribution in [0, 0.1) is 5.92 Å². The minimum atomic E-state index is -0.513. The maximum absolute atomic E-state index is 12.8. The standard InChI is InChI=1S/C23H29N3O4/c1-4-30-22(28)18(14-17-10-6-5-7-11-17)15-24-21(27)19-12-8-9-13-20(19)26-23(29)25-16(2)3/h5-13,16,18H,4,14-15H2,1-3H3,(H,24,27)(H2,25,26,29). The highest BCUT2D eigenvalue weighted by Crippen LogP contribution is 2.16. The Morgan fingerprint density at radius 3 is 2.30 bits per heavy atom. The van der Waals surface area contributed by atoms with Gasteiger partial charge in [-0.2, -0.15) is 0 Å². The number of amides is 3. The molecule has 2 rings (SSSR count). The number of carbonyl (C=O) groups is 3. The molecule has 2 aromatic carbocycles. The molecule has 30 heavy (non-hydrogen) atoms. The Bertz CT molecular complexity index is 853. The van der Waals surface area contributed by atoms with E-state index >= 15 is 0 Å². The number of rotatable bonds is 9. The van der Waals surface area contributed by atoms with Gasteiger partial charge in [0.2, 0.25) is 0 Å². The van der Waals surface area contributed by atoms with Crippen LogP contribution in [0.1, 0.15) is 36.7 Å². The number of ether oxygens (including phenoxy) is 1. The molecule has 0 radical (unpaired) electrons. The molecule has 1 unspecified atom stereocenters. The van der Waals surface area contributed by atoms with Crippen LogP contribution in [0.5, 0.6) is 0 Å². The van der Waals surface area contributed by atoms with Crippen LogP contribution >= 0.6 is 0 Å². The molecule has 0 aliphatic carbocycles. The molecule has 7 heteroatoms. The van der Waals surface area contributed by atoms with E-state index in [1.165, 1.54) is 0 Å². The van der Waals surface area contributed by atoms with E-state index in [1.54, 1.807) is 31.2 Å². The number of benzene rings is 2. The van der Waals surface area contributed by atoms with Crippen LogP contribution in [-0.4, -0.2) is 37.1 Å². The van der Waals surface area contributed by atoms with Crippen LogP contribution in [0.15, 0.2) is 54.6 Å². The van der Waals surface area contributed by atoms with Crippen molar-refractivity contribution in [3.05, 3.63) is 65.7 Å². The van der Waals surface area contributed by atoms with Crippen molar-refractivity contribution in [1.82, 2.24) is 10.6 Å². The second kappa shape index (κ2) is 11.6. The molecule has 3 N–H and O–H groups in total. The molecule has 0 aromatic heterocycles. The molecule has 0 saturated heterocycles. The van der Waals surface area contributed by atoms with Gasteiger partial charge in [-0.1, -0.05) is 42.5 Å². The maximum atomic E-state index is 12.8. The highest BCUT2D eigenvalue weighted by Gasteiger charge is 2.22. The van der Waals surface area contributed by atoms with Crippen LogP contribution < -0.4 is 16.0 Å². The average Bonchev–Trinajstić information content (AvgIpc) is 2.71. The van der Waals surface area contributed by atoms with Gasteiger partial charge in [0, 0.05) is 12.6 Å². The van der Waals surface area contributed by atoms with Crippen molar-refractivity contribution in [2.24, 2.45) is 5.92 Å². The van der Waals surface area contributed by atoms with E-state index in [4.69, 9.17) is 4.74 Å². The maximum Gasteiger partial charge on any atom is 0.319 e. The third-order valence-electron chi connectivity index (χ3n) is 4.29. The minimum absolute atomic E-state index is 0.0330. The van der Waals surface area contributed by atoms with Gasteiger partial charge in [-0.05, 0) is 44.9 Å². The highest BCUT2D eigenvalue weighted by atomic mass is 16.5. The molecular formula is C23H29N3O4. The predicted octanol–water partition coefficient (Wildman–Crippen LogP) is 3.37. The summed E-state index contributed by atoms with van der Waals surface area (Å²) in [5.41, 5.74) is 1.69. The van der Waals surface area contributed by atoms with Gasteiger partial charge in [0.05, 0.1) is 23.8 Å². The van der Waals surface area contributed by atoms with Crippen molar-refractivity contribution in [2.75, 3.05) is 18.5 Å². The smallest absolute Gasteiger partial charge is 0.319 e. The van der Waals surface area contributed by atoms with E-state index in [9.17, 15) is 14.4 Å². The topological polar surface area (TPSA) is 96.5 Å². The number of nitrogens with one attached hydrogen (secondary N) is 3. The van der Waals surface area contributed by atoms with Crippen molar-refractivity contribution in [2.45, 2.75) is 33.2 Å². The lowest BCUT2D eigenvalue weighted by atomic mass is 9.99. The SMILES string of the molecule is CCOC(=O)C(CNC(=O)c1ccccc1NC(=O)NC(C)C)Cc1ccccc1. The van der Waals surface area contributed by atoms with Gasteiger partial charge in [0.15, 0.2) is 0 Å². The van der Waals surface area contributed by atoms with Crippen molar-refractivity contribution in [3.63, 3.8) is 0 Å². The van der Waals surface area contributed by atoms with Crippen LogP contribution in [-0.2, 0) is 16.0 Å². The van der Waals surface area contributed by atoms with Gasteiger partial charge in [-0.25, -0.2) is 4.79 Å². The Balaban J connectivity index is 2.07. The fourth-order valence-corrected chi connectivity index (χ4v) is 2.92. The second-order valence-electron chi connectivity index (χ2n) is 7.15. The molecule has 0 bridgehead atoms. The number of para-hydroxylation sites is 1. The van der Waals surface area contributed by atoms with Crippen molar-refractivity contribution in [1.29, 1.82) is 0 Å². The zero-order valence-corrected chi connectivity index (χ0v) is 17.6. The molecule has 0 aliphatic heterocycles. The third kappa shape index (κ3) is 7.24. The first-order chi connectivity index (χ1) is 14.4. The molecule has 7 nitrogen and oxygen atoms in total. The third-order valence-corrected chi connectivity index (χ3v) is 4.29. The quantitative estimate of drug-likeness (QED) is 0.551. The van der Waals surface area contributed by atoms with E-state index in [0.29, 0.717) is 17.7 Å². The van der Waals surface area contributed by atoms with Crippen LogP contribution in [0.2, 0.25) is 0 Å². The predicted molar refractivity (Wildman–Crippen MR) is 116 cm³/mol. The van der Waals surface area contributed by atoms with Gasteiger partial charge in [0.1, 0.15) is 0 Å².